The van der Waals surface area contributed by atoms with Gasteiger partial charge < -0.3 is 11.1 Å². The highest BCUT2D eigenvalue weighted by atomic mass is 35.5. The molecule has 0 atom stereocenters. The Kier molecular flexibility index (Phi) is 8.78. The van der Waals surface area contributed by atoms with Gasteiger partial charge in [-0.15, -0.1) is 10.2 Å². The molecule has 1 heterocycles. The fourth-order valence-corrected chi connectivity index (χ4v) is 5.95. The zero-order chi connectivity index (χ0) is 33.4. The van der Waals surface area contributed by atoms with Crippen molar-refractivity contribution in [2.75, 3.05) is 11.1 Å². The molecular weight excluding hydrogens is 658 g/mol. The summed E-state index contributed by atoms with van der Waals surface area (Å²) >= 11 is 5.88. The number of anilines is 3. The molecule has 0 radical (unpaired) electrons. The molecule has 5 aromatic rings. The van der Waals surface area contributed by atoms with Gasteiger partial charge in [-0.3, -0.25) is 9.11 Å². The van der Waals surface area contributed by atoms with E-state index in [4.69, 9.17) is 17.3 Å². The van der Waals surface area contributed by atoms with Gasteiger partial charge in [0.1, 0.15) is 15.5 Å². The molecule has 0 fully saturated rings. The SMILES string of the molecule is Cc1ccc(S(=O)(=O)O)c(N=Nc2cc(C)c(N=Nc3ccc(Nc4nc(N)nc(Cl)n4)c4c(S(=O)(=O)O)cccc34)cc2C)c1. The number of aromatic nitrogens is 3. The summed E-state index contributed by atoms with van der Waals surface area (Å²) in [7, 11) is -9.20. The summed E-state index contributed by atoms with van der Waals surface area (Å²) in [5.74, 6) is -0.221. The lowest BCUT2D eigenvalue weighted by Crippen LogP contribution is -2.05. The Morgan fingerprint density at radius 1 is 0.717 bits per heavy atom. The average Bonchev–Trinajstić information content (AvgIpc) is 2.95. The normalized spacial score (nSPS) is 12.4. The van der Waals surface area contributed by atoms with E-state index < -0.39 is 25.1 Å². The molecule has 0 amide bonds. The number of nitrogens with one attached hydrogen (secondary N) is 1. The maximum Gasteiger partial charge on any atom is 0.296 e. The zero-order valence-corrected chi connectivity index (χ0v) is 26.6. The number of fused-ring (bicyclic) bond motifs is 1. The van der Waals surface area contributed by atoms with Crippen LogP contribution >= 0.6 is 11.6 Å². The van der Waals surface area contributed by atoms with Crippen LogP contribution in [-0.2, 0) is 20.2 Å². The Bertz CT molecular complexity index is 2300. The van der Waals surface area contributed by atoms with Crippen LogP contribution in [0.25, 0.3) is 10.8 Å². The largest absolute Gasteiger partial charge is 0.368 e. The van der Waals surface area contributed by atoms with Crippen molar-refractivity contribution in [3.05, 3.63) is 82.6 Å². The van der Waals surface area contributed by atoms with Gasteiger partial charge in [-0.2, -0.15) is 42.0 Å². The molecule has 5 rings (SSSR count). The Balaban J connectivity index is 1.53. The molecule has 4 aromatic carbocycles. The molecule has 0 unspecified atom stereocenters. The van der Waals surface area contributed by atoms with Crippen molar-refractivity contribution in [3.63, 3.8) is 0 Å². The first-order chi connectivity index (χ1) is 21.6. The number of rotatable bonds is 8. The lowest BCUT2D eigenvalue weighted by Gasteiger charge is -2.13. The van der Waals surface area contributed by atoms with E-state index in [1.54, 1.807) is 45.0 Å². The summed E-state index contributed by atoms with van der Waals surface area (Å²) < 4.78 is 67.7. The second-order valence-corrected chi connectivity index (χ2v) is 13.1. The van der Waals surface area contributed by atoms with Gasteiger partial charge in [-0.25, -0.2) is 0 Å². The third kappa shape index (κ3) is 7.13. The van der Waals surface area contributed by atoms with Crippen molar-refractivity contribution in [1.82, 2.24) is 15.0 Å². The summed E-state index contributed by atoms with van der Waals surface area (Å²) in [4.78, 5) is 10.8. The maximum absolute atomic E-state index is 12.3. The standard InChI is InChI=1S/C28H24ClN9O6S2/c1-14-7-10-23(45(39,40)41)22(11-14)38-37-21-13-15(2)20(12-16(21)3)36-35-18-8-9-19(31-28-33-26(29)32-27(30)34-28)25-17(18)5-4-6-24(25)46(42,43)44/h4-13H,1-3H3,(H,39,40,41)(H,42,43,44)(H3,30,31,32,33,34). The molecule has 0 saturated heterocycles. The van der Waals surface area contributed by atoms with E-state index in [9.17, 15) is 25.9 Å². The van der Waals surface area contributed by atoms with Gasteiger partial charge >= 0.3 is 0 Å². The Hall–Kier alpha value is -4.94. The Morgan fingerprint density at radius 2 is 1.33 bits per heavy atom. The number of nitrogen functional groups attached to an aromatic ring is 1. The molecule has 15 nitrogen and oxygen atoms in total. The first kappa shape index (κ1) is 32.5. The molecule has 0 aliphatic rings. The van der Waals surface area contributed by atoms with Gasteiger partial charge in [-0.05, 0) is 91.5 Å². The first-order valence-electron chi connectivity index (χ1n) is 13.1. The highest BCUT2D eigenvalue weighted by molar-refractivity contribution is 7.86. The summed E-state index contributed by atoms with van der Waals surface area (Å²) in [6.07, 6.45) is 0. The number of halogens is 1. The fraction of sp³-hybridized carbons (Fsp3) is 0.107. The van der Waals surface area contributed by atoms with Gasteiger partial charge in [0.15, 0.2) is 0 Å². The zero-order valence-electron chi connectivity index (χ0n) is 24.2. The highest BCUT2D eigenvalue weighted by Gasteiger charge is 2.20. The van der Waals surface area contributed by atoms with Crippen molar-refractivity contribution in [1.29, 1.82) is 0 Å². The number of nitrogens with zero attached hydrogens (tertiary/aromatic N) is 7. The third-order valence-electron chi connectivity index (χ3n) is 6.57. The lowest BCUT2D eigenvalue weighted by molar-refractivity contribution is 0.481. The molecule has 0 bridgehead atoms. The topological polar surface area (TPSA) is 235 Å². The Labute approximate surface area is 267 Å². The molecule has 0 aliphatic heterocycles. The van der Waals surface area contributed by atoms with Crippen LogP contribution in [0, 0.1) is 20.8 Å². The van der Waals surface area contributed by atoms with Crippen molar-refractivity contribution in [3.8, 4) is 0 Å². The van der Waals surface area contributed by atoms with Crippen LogP contribution in [0.1, 0.15) is 16.7 Å². The fourth-order valence-electron chi connectivity index (χ4n) is 4.45. The monoisotopic (exact) mass is 681 g/mol. The number of aryl methyl sites for hydroxylation is 3. The van der Waals surface area contributed by atoms with Gasteiger partial charge in [0.25, 0.3) is 20.2 Å². The smallest absolute Gasteiger partial charge is 0.296 e. The van der Waals surface area contributed by atoms with Gasteiger partial charge in [0.2, 0.25) is 17.2 Å². The van der Waals surface area contributed by atoms with Crippen LogP contribution in [-0.4, -0.2) is 40.9 Å². The number of hydrogen-bond donors (Lipinski definition) is 4. The van der Waals surface area contributed by atoms with Crippen molar-refractivity contribution in [2.45, 2.75) is 30.6 Å². The molecule has 1 aromatic heterocycles. The van der Waals surface area contributed by atoms with E-state index in [2.05, 4.69) is 40.7 Å². The Morgan fingerprint density at radius 3 is 1.93 bits per heavy atom. The van der Waals surface area contributed by atoms with Crippen LogP contribution < -0.4 is 11.1 Å². The molecule has 236 valence electrons. The van der Waals surface area contributed by atoms with Crippen LogP contribution in [0.2, 0.25) is 5.28 Å². The second-order valence-electron chi connectivity index (χ2n) is 9.97. The summed E-state index contributed by atoms with van der Waals surface area (Å²) in [5.41, 5.74) is 9.02. The summed E-state index contributed by atoms with van der Waals surface area (Å²) in [6.45, 7) is 5.26. The van der Waals surface area contributed by atoms with Gasteiger partial charge in [-0.1, -0.05) is 18.2 Å². The molecular formula is C28H24ClN9O6S2. The summed E-state index contributed by atoms with van der Waals surface area (Å²) in [5, 5.41) is 20.1. The molecule has 46 heavy (non-hydrogen) atoms. The minimum absolute atomic E-state index is 0.0144. The molecule has 18 heteroatoms. The van der Waals surface area contributed by atoms with E-state index in [0.717, 1.165) is 5.56 Å². The van der Waals surface area contributed by atoms with Crippen LogP contribution in [0.15, 0.2) is 90.9 Å². The predicted octanol–water partition coefficient (Wildman–Crippen LogP) is 7.25. The molecule has 0 spiro atoms. The number of benzene rings is 4. The third-order valence-corrected chi connectivity index (χ3v) is 8.53. The minimum Gasteiger partial charge on any atom is -0.368 e. The van der Waals surface area contributed by atoms with Crippen molar-refractivity contribution < 1.29 is 25.9 Å². The van der Waals surface area contributed by atoms with Gasteiger partial charge in [0, 0.05) is 10.8 Å². The van der Waals surface area contributed by atoms with Crippen LogP contribution in [0.4, 0.5) is 40.3 Å². The van der Waals surface area contributed by atoms with Crippen molar-refractivity contribution >= 4 is 82.9 Å². The maximum atomic E-state index is 12.3. The van der Waals surface area contributed by atoms with E-state index in [0.29, 0.717) is 27.9 Å². The molecule has 0 aliphatic carbocycles. The van der Waals surface area contributed by atoms with Crippen LogP contribution in [0.5, 0.6) is 0 Å². The van der Waals surface area contributed by atoms with Crippen molar-refractivity contribution in [2.24, 2.45) is 20.5 Å². The highest BCUT2D eigenvalue weighted by Crippen LogP contribution is 2.39. The van der Waals surface area contributed by atoms with E-state index in [1.165, 1.54) is 36.4 Å². The number of nitrogens with two attached hydrogens (primary N) is 1. The number of hydrogen-bond acceptors (Lipinski definition) is 13. The quantitative estimate of drug-likeness (QED) is 0.0939. The summed E-state index contributed by atoms with van der Waals surface area (Å²) in [6, 6.07) is 15.0. The van der Waals surface area contributed by atoms with E-state index in [-0.39, 0.29) is 44.5 Å². The second kappa shape index (κ2) is 12.5. The average molecular weight is 682 g/mol. The minimum atomic E-state index is -4.68. The van der Waals surface area contributed by atoms with E-state index in [1.807, 2.05) is 0 Å². The number of azo groups is 2. The molecule has 0 saturated carbocycles. The van der Waals surface area contributed by atoms with Crippen LogP contribution in [0.3, 0.4) is 0 Å². The first-order valence-corrected chi connectivity index (χ1v) is 16.4. The predicted molar refractivity (Wildman–Crippen MR) is 172 cm³/mol. The van der Waals surface area contributed by atoms with E-state index >= 15 is 0 Å². The lowest BCUT2D eigenvalue weighted by atomic mass is 10.1. The molecule has 5 N–H and O–H groups in total. The van der Waals surface area contributed by atoms with Gasteiger partial charge in [0.05, 0.1) is 22.7 Å².